The van der Waals surface area contributed by atoms with Gasteiger partial charge in [-0.1, -0.05) is 49.7 Å². The van der Waals surface area contributed by atoms with E-state index in [4.69, 9.17) is 16.7 Å². The molecule has 0 saturated carbocycles. The smallest absolute Gasteiger partial charge is 0.335 e. The summed E-state index contributed by atoms with van der Waals surface area (Å²) in [6.45, 7) is 4.09. The zero-order valence-corrected chi connectivity index (χ0v) is 19.1. The maximum absolute atomic E-state index is 13.6. The molecule has 4 rings (SSSR count). The van der Waals surface area contributed by atoms with E-state index >= 15 is 0 Å². The van der Waals surface area contributed by atoms with Gasteiger partial charge in [0.1, 0.15) is 0 Å². The average molecular weight is 469 g/mol. The van der Waals surface area contributed by atoms with E-state index in [-0.39, 0.29) is 22.8 Å². The maximum atomic E-state index is 13.6. The zero-order chi connectivity index (χ0) is 23.0. The zero-order valence-electron chi connectivity index (χ0n) is 17.5. The summed E-state index contributed by atoms with van der Waals surface area (Å²) in [5.74, 6) is -0.732. The number of hydrogen-bond acceptors (Lipinski definition) is 4. The Kier molecular flexibility index (Phi) is 5.79. The molecule has 0 aliphatic rings. The Labute approximate surface area is 191 Å². The fraction of sp³-hybridized carbons (Fsp3) is 0.167. The number of nitrogens with zero attached hydrogens (tertiary/aromatic N) is 2. The monoisotopic (exact) mass is 468 g/mol. The summed E-state index contributed by atoms with van der Waals surface area (Å²) in [6, 6.07) is 16.6. The Hall–Kier alpha value is -3.16. The summed E-state index contributed by atoms with van der Waals surface area (Å²) in [5.41, 5.74) is 2.78. The molecule has 0 spiro atoms. The lowest BCUT2D eigenvalue weighted by molar-refractivity contribution is 0.0697. The highest BCUT2D eigenvalue weighted by atomic mass is 35.5. The van der Waals surface area contributed by atoms with Gasteiger partial charge in [0, 0.05) is 23.7 Å². The van der Waals surface area contributed by atoms with Crippen LogP contribution < -0.4 is 0 Å². The van der Waals surface area contributed by atoms with Crippen LogP contribution in [0.25, 0.3) is 11.0 Å². The van der Waals surface area contributed by atoms with E-state index in [0.29, 0.717) is 21.7 Å². The number of carbonyl (C=O) groups is 1. The first-order valence-electron chi connectivity index (χ1n) is 10.0. The largest absolute Gasteiger partial charge is 0.478 e. The van der Waals surface area contributed by atoms with Gasteiger partial charge >= 0.3 is 5.97 Å². The molecule has 164 valence electrons. The Bertz CT molecular complexity index is 1410. The number of aromatic carboxylic acids is 1. The third kappa shape index (κ3) is 4.13. The number of carboxylic acids is 1. The Morgan fingerprint density at radius 3 is 2.31 bits per heavy atom. The number of carboxylic acid groups (broad SMARTS) is 1. The molecule has 8 heteroatoms. The molecule has 6 nitrogen and oxygen atoms in total. The summed E-state index contributed by atoms with van der Waals surface area (Å²) in [4.78, 5) is 15.6. The van der Waals surface area contributed by atoms with Crippen LogP contribution in [0.2, 0.25) is 5.02 Å². The molecule has 0 aliphatic heterocycles. The van der Waals surface area contributed by atoms with Crippen LogP contribution in [0.1, 0.15) is 46.9 Å². The second kappa shape index (κ2) is 8.41. The molecule has 0 bridgehead atoms. The lowest BCUT2D eigenvalue weighted by Crippen LogP contribution is -2.16. The van der Waals surface area contributed by atoms with Crippen molar-refractivity contribution in [3.8, 4) is 0 Å². The van der Waals surface area contributed by atoms with Crippen LogP contribution in [0.3, 0.4) is 0 Å². The highest BCUT2D eigenvalue weighted by Crippen LogP contribution is 2.28. The third-order valence-corrected chi connectivity index (χ3v) is 7.27. The van der Waals surface area contributed by atoms with Gasteiger partial charge in [-0.2, -0.15) is 0 Å². The lowest BCUT2D eigenvalue weighted by Gasteiger charge is -2.13. The molecule has 32 heavy (non-hydrogen) atoms. The number of halogens is 1. The van der Waals surface area contributed by atoms with Gasteiger partial charge in [-0.25, -0.2) is 22.2 Å². The van der Waals surface area contributed by atoms with Crippen LogP contribution in [0.5, 0.6) is 0 Å². The van der Waals surface area contributed by atoms with E-state index in [9.17, 15) is 13.2 Å². The summed E-state index contributed by atoms with van der Waals surface area (Å²) < 4.78 is 28.5. The fourth-order valence-corrected chi connectivity index (χ4v) is 5.26. The number of pyridine rings is 1. The number of aromatic nitrogens is 2. The van der Waals surface area contributed by atoms with E-state index in [2.05, 4.69) is 4.98 Å². The van der Waals surface area contributed by atoms with Crippen LogP contribution >= 0.6 is 11.6 Å². The van der Waals surface area contributed by atoms with Gasteiger partial charge in [0.15, 0.2) is 5.65 Å². The van der Waals surface area contributed by atoms with Crippen molar-refractivity contribution in [2.45, 2.75) is 31.1 Å². The van der Waals surface area contributed by atoms with Crippen molar-refractivity contribution in [1.82, 2.24) is 8.96 Å². The van der Waals surface area contributed by atoms with Crippen molar-refractivity contribution in [1.29, 1.82) is 0 Å². The molecule has 0 radical (unpaired) electrons. The van der Waals surface area contributed by atoms with Crippen molar-refractivity contribution in [3.63, 3.8) is 0 Å². The second-order valence-corrected chi connectivity index (χ2v) is 10.1. The minimum atomic E-state index is -3.93. The molecule has 0 fully saturated rings. The number of fused-ring (bicyclic) bond motifs is 1. The Balaban J connectivity index is 1.84. The third-order valence-electron chi connectivity index (χ3n) is 5.31. The predicted octanol–water partition coefficient (Wildman–Crippen LogP) is 5.34. The standard InChI is InChI=1S/C24H21ClN2O4S/c1-15(2)17-7-9-22(10-8-17)32(30,31)27-21(13-19-12-20(25)14-26-23(19)27)11-16-3-5-18(6-4-16)24(28)29/h3-10,12-15H,11H2,1-2H3,(H,28,29). The van der Waals surface area contributed by atoms with Crippen molar-refractivity contribution in [2.75, 3.05) is 0 Å². The molecule has 1 N–H and O–H groups in total. The van der Waals surface area contributed by atoms with Gasteiger partial charge in [0.05, 0.1) is 15.5 Å². The van der Waals surface area contributed by atoms with Crippen LogP contribution in [-0.4, -0.2) is 28.5 Å². The van der Waals surface area contributed by atoms with Gasteiger partial charge in [-0.15, -0.1) is 0 Å². The van der Waals surface area contributed by atoms with Gasteiger partial charge in [0.2, 0.25) is 0 Å². The van der Waals surface area contributed by atoms with Gasteiger partial charge < -0.3 is 5.11 Å². The van der Waals surface area contributed by atoms with Crippen LogP contribution in [-0.2, 0) is 16.4 Å². The first-order chi connectivity index (χ1) is 15.2. The summed E-state index contributed by atoms with van der Waals surface area (Å²) in [5, 5.41) is 10.1. The molecule has 2 heterocycles. The second-order valence-electron chi connectivity index (χ2n) is 7.87. The predicted molar refractivity (Wildman–Crippen MR) is 124 cm³/mol. The molecule has 0 atom stereocenters. The van der Waals surface area contributed by atoms with E-state index in [0.717, 1.165) is 11.1 Å². The van der Waals surface area contributed by atoms with E-state index < -0.39 is 16.0 Å². The number of hydrogen-bond donors (Lipinski definition) is 1. The van der Waals surface area contributed by atoms with Crippen molar-refractivity contribution in [2.24, 2.45) is 0 Å². The molecule has 0 saturated heterocycles. The van der Waals surface area contributed by atoms with Gasteiger partial charge in [0.25, 0.3) is 10.0 Å². The summed E-state index contributed by atoms with van der Waals surface area (Å²) in [6.07, 6.45) is 1.69. The first-order valence-corrected chi connectivity index (χ1v) is 11.8. The van der Waals surface area contributed by atoms with E-state index in [1.165, 1.54) is 22.3 Å². The number of benzene rings is 2. The Morgan fingerprint density at radius 1 is 1.06 bits per heavy atom. The highest BCUT2D eigenvalue weighted by Gasteiger charge is 2.24. The quantitative estimate of drug-likeness (QED) is 0.412. The van der Waals surface area contributed by atoms with E-state index in [1.54, 1.807) is 36.4 Å². The van der Waals surface area contributed by atoms with Crippen molar-refractivity contribution >= 4 is 38.6 Å². The van der Waals surface area contributed by atoms with Crippen LogP contribution in [0.4, 0.5) is 0 Å². The average Bonchev–Trinajstić information content (AvgIpc) is 3.11. The minimum Gasteiger partial charge on any atom is -0.478 e. The molecular weight excluding hydrogens is 448 g/mol. The molecule has 2 aromatic carbocycles. The molecule has 0 amide bonds. The molecule has 4 aromatic rings. The minimum absolute atomic E-state index is 0.165. The topological polar surface area (TPSA) is 89.3 Å². The fourth-order valence-electron chi connectivity index (χ4n) is 3.59. The Morgan fingerprint density at radius 2 is 1.72 bits per heavy atom. The summed E-state index contributed by atoms with van der Waals surface area (Å²) in [7, 11) is -3.93. The highest BCUT2D eigenvalue weighted by molar-refractivity contribution is 7.90. The van der Waals surface area contributed by atoms with Gasteiger partial charge in [-0.05, 0) is 53.4 Å². The van der Waals surface area contributed by atoms with Crippen molar-refractivity contribution < 1.29 is 18.3 Å². The van der Waals surface area contributed by atoms with Crippen LogP contribution in [0, 0.1) is 0 Å². The number of rotatable bonds is 6. The normalized spacial score (nSPS) is 11.9. The molecular formula is C24H21ClN2O4S. The lowest BCUT2D eigenvalue weighted by atomic mass is 10.0. The summed E-state index contributed by atoms with van der Waals surface area (Å²) >= 11 is 6.09. The molecule has 0 unspecified atom stereocenters. The van der Waals surface area contributed by atoms with Gasteiger partial charge in [-0.3, -0.25) is 0 Å². The SMILES string of the molecule is CC(C)c1ccc(S(=O)(=O)n2c(Cc3ccc(C(=O)O)cc3)cc3cc(Cl)cnc32)cc1. The maximum Gasteiger partial charge on any atom is 0.335 e. The van der Waals surface area contributed by atoms with Crippen LogP contribution in [0.15, 0.2) is 71.8 Å². The molecule has 2 aromatic heterocycles. The van der Waals surface area contributed by atoms with Crippen molar-refractivity contribution in [3.05, 3.63) is 94.3 Å². The molecule has 0 aliphatic carbocycles. The van der Waals surface area contributed by atoms with E-state index in [1.807, 2.05) is 26.0 Å². The first kappa shape index (κ1) is 22.0.